The summed E-state index contributed by atoms with van der Waals surface area (Å²) >= 11 is 0. The third-order valence-corrected chi connectivity index (χ3v) is 12.3. The second-order valence-electron chi connectivity index (χ2n) is 14.8. The van der Waals surface area contributed by atoms with Gasteiger partial charge in [0.05, 0.1) is 15.2 Å². The second kappa shape index (κ2) is 17.4. The van der Waals surface area contributed by atoms with Gasteiger partial charge in [-0.3, -0.25) is 9.59 Å². The zero-order chi connectivity index (χ0) is 41.8. The van der Waals surface area contributed by atoms with Crippen LogP contribution in [-0.2, 0) is 55.0 Å². The van der Waals surface area contributed by atoms with Gasteiger partial charge in [0.1, 0.15) is 26.8 Å². The molecule has 306 valence electrons. The number of hydrogen-bond donors (Lipinski definition) is 0. The lowest BCUT2D eigenvalue weighted by atomic mass is 9.78. The Hall–Kier alpha value is -4.74. The summed E-state index contributed by atoms with van der Waals surface area (Å²) < 4.78 is 79.0. The van der Waals surface area contributed by atoms with Gasteiger partial charge in [-0.25, -0.2) is 21.6 Å². The van der Waals surface area contributed by atoms with Crippen LogP contribution in [-0.4, -0.2) is 85.9 Å². The van der Waals surface area contributed by atoms with Crippen molar-refractivity contribution < 1.29 is 54.5 Å². The first-order valence-corrected chi connectivity index (χ1v) is 21.6. The lowest BCUT2D eigenvalue weighted by molar-refractivity contribution is -0.433. The van der Waals surface area contributed by atoms with Gasteiger partial charge in [-0.1, -0.05) is 36.8 Å². The normalized spacial score (nSPS) is 20.3. The Morgan fingerprint density at radius 3 is 2.11 bits per heavy atom. The summed E-state index contributed by atoms with van der Waals surface area (Å²) in [5, 5.41) is 0.537. The van der Waals surface area contributed by atoms with Crippen molar-refractivity contribution in [1.29, 1.82) is 0 Å². The average molecular weight is 823 g/mol. The molecule has 0 aromatic heterocycles. The van der Waals surface area contributed by atoms with Crippen LogP contribution >= 0.6 is 0 Å². The summed E-state index contributed by atoms with van der Waals surface area (Å²) in [5.74, 6) is -1.73. The molecule has 3 aliphatic rings. The van der Waals surface area contributed by atoms with E-state index in [9.17, 15) is 40.3 Å². The number of hydroxylamine groups is 2. The van der Waals surface area contributed by atoms with Gasteiger partial charge in [0.25, 0.3) is 11.8 Å². The van der Waals surface area contributed by atoms with E-state index in [1.54, 1.807) is 19.2 Å². The monoisotopic (exact) mass is 822 g/mol. The van der Waals surface area contributed by atoms with Gasteiger partial charge in [0.2, 0.25) is 5.69 Å². The van der Waals surface area contributed by atoms with E-state index in [-0.39, 0.29) is 29.1 Å². The largest absolute Gasteiger partial charge is 0.744 e. The first kappa shape index (κ1) is 43.4. The van der Waals surface area contributed by atoms with Crippen molar-refractivity contribution in [3.63, 3.8) is 0 Å². The molecule has 1 fully saturated rings. The van der Waals surface area contributed by atoms with Crippen LogP contribution in [0.25, 0.3) is 0 Å². The van der Waals surface area contributed by atoms with Gasteiger partial charge in [-0.2, -0.15) is 4.58 Å². The van der Waals surface area contributed by atoms with Crippen molar-refractivity contribution in [2.24, 2.45) is 0 Å². The lowest BCUT2D eigenvalue weighted by Crippen LogP contribution is -2.32. The molecular weight excluding hydrogens is 775 g/mol. The van der Waals surface area contributed by atoms with Crippen LogP contribution in [0.2, 0.25) is 0 Å². The molecule has 1 saturated heterocycles. The minimum Gasteiger partial charge on any atom is -0.744 e. The second-order valence-corrected chi connectivity index (χ2v) is 17.5. The maximum Gasteiger partial charge on any atom is 0.333 e. The molecule has 2 aromatic carbocycles. The lowest BCUT2D eigenvalue weighted by Gasteiger charge is -2.30. The summed E-state index contributed by atoms with van der Waals surface area (Å²) in [4.78, 5) is 42.4. The highest BCUT2D eigenvalue weighted by molar-refractivity contribution is 7.86. The fraction of sp³-hybridized carbons (Fsp3) is 0.415. The first-order chi connectivity index (χ1) is 26.8. The van der Waals surface area contributed by atoms with Crippen molar-refractivity contribution in [2.75, 3.05) is 31.7 Å². The Balaban J connectivity index is 1.34. The van der Waals surface area contributed by atoms with Crippen LogP contribution in [0.15, 0.2) is 94.4 Å². The number of methoxy groups -OCH3 is 1. The Kier molecular flexibility index (Phi) is 13.2. The fourth-order valence-corrected chi connectivity index (χ4v) is 8.65. The molecule has 0 saturated carbocycles. The van der Waals surface area contributed by atoms with Crippen LogP contribution in [0.3, 0.4) is 0 Å². The number of amides is 2. The van der Waals surface area contributed by atoms with E-state index < -0.39 is 48.8 Å². The molecule has 0 aliphatic carbocycles. The number of hydrogen-bond acceptors (Lipinski definition) is 12. The Bertz CT molecular complexity index is 2290. The van der Waals surface area contributed by atoms with E-state index in [0.29, 0.717) is 56.0 Å². The molecule has 2 aromatic rings. The number of ether oxygens (including phenoxy) is 1. The number of carbonyl (C=O) groups is 3. The molecule has 16 heteroatoms. The van der Waals surface area contributed by atoms with Gasteiger partial charge in [0, 0.05) is 74.0 Å². The summed E-state index contributed by atoms with van der Waals surface area (Å²) in [7, 11) is -7.76. The van der Waals surface area contributed by atoms with E-state index in [4.69, 9.17) is 9.57 Å². The Morgan fingerprint density at radius 1 is 0.860 bits per heavy atom. The summed E-state index contributed by atoms with van der Waals surface area (Å²) in [6.45, 7) is 9.43. The molecule has 1 atom stereocenters. The fourth-order valence-electron chi connectivity index (χ4n) is 7.66. The predicted molar refractivity (Wildman–Crippen MR) is 210 cm³/mol. The van der Waals surface area contributed by atoms with E-state index in [0.717, 1.165) is 28.3 Å². The number of fused-ring (bicyclic) bond motifs is 2. The van der Waals surface area contributed by atoms with Gasteiger partial charge in [0.15, 0.2) is 5.71 Å². The van der Waals surface area contributed by atoms with Crippen molar-refractivity contribution in [1.82, 2.24) is 5.06 Å². The third-order valence-electron chi connectivity index (χ3n) is 10.7. The third kappa shape index (κ3) is 9.36. The number of rotatable bonds is 17. The van der Waals surface area contributed by atoms with Crippen LogP contribution in [0.5, 0.6) is 0 Å². The topological polar surface area (TPSA) is 194 Å². The molecule has 57 heavy (non-hydrogen) atoms. The maximum atomic E-state index is 12.3. The molecule has 3 heterocycles. The molecule has 0 radical (unpaired) electrons. The number of imide groups is 1. The molecular formula is C41H48N3O11S2-. The van der Waals surface area contributed by atoms with Gasteiger partial charge in [-0.05, 0) is 88.9 Å². The highest BCUT2D eigenvalue weighted by Gasteiger charge is 2.45. The molecule has 3 aliphatic heterocycles. The molecule has 5 rings (SSSR count). The van der Waals surface area contributed by atoms with E-state index in [1.807, 2.05) is 70.2 Å². The van der Waals surface area contributed by atoms with Gasteiger partial charge in [-0.15, -0.1) is 5.06 Å². The SMILES string of the molecule is CC[N+]1=C(C=CC=CC=CC=C2N(CCCCCC(=O)ON3C(=O)CCC3=O)c3ccc(S(=O)(=O)[O-])cc3C2(C)CCOC)C(C)(C)c2cc(S(=O)(=O)[O-])ccc21. The molecule has 14 nitrogen and oxygen atoms in total. The minimum atomic E-state index is -4.73. The highest BCUT2D eigenvalue weighted by Crippen LogP contribution is 2.51. The standard InChI is InChI=1S/C41H49N3O11S2/c1-6-42-33-20-18-29(56(48,49)50)27-31(33)40(2,3)35(42)15-11-8-7-9-12-16-36-41(4,24-26-54-5)32-28-30(57(51,52)53)19-21-34(32)43(36)25-14-10-13-17-39(47)55-44-37(45)22-23-38(44)46/h7-9,11-12,15-16,18-21,27-28H,6,10,13-14,17,22-26H2,1-5H3,(H-,48,49,50,51,52,53)/p-1. The number of anilines is 1. The Morgan fingerprint density at radius 2 is 1.47 bits per heavy atom. The Labute approximate surface area is 334 Å². The molecule has 0 bridgehead atoms. The van der Waals surface area contributed by atoms with Gasteiger partial charge >= 0.3 is 5.97 Å². The number of carbonyl (C=O) groups excluding carboxylic acids is 3. The zero-order valence-corrected chi connectivity index (χ0v) is 34.4. The summed E-state index contributed by atoms with van der Waals surface area (Å²) in [6, 6.07) is 8.85. The van der Waals surface area contributed by atoms with Crippen molar-refractivity contribution in [3.05, 3.63) is 95.8 Å². The molecule has 1 unspecified atom stereocenters. The van der Waals surface area contributed by atoms with Crippen LogP contribution in [0, 0.1) is 0 Å². The summed E-state index contributed by atoms with van der Waals surface area (Å²) in [5.41, 5.74) is 3.54. The van der Waals surface area contributed by atoms with E-state index in [1.165, 1.54) is 24.3 Å². The summed E-state index contributed by atoms with van der Waals surface area (Å²) in [6.07, 6.45) is 15.5. The number of nitrogens with zero attached hydrogens (tertiary/aromatic N) is 3. The van der Waals surface area contributed by atoms with Gasteiger partial charge < -0.3 is 23.6 Å². The van der Waals surface area contributed by atoms with Crippen molar-refractivity contribution >= 4 is 55.1 Å². The van der Waals surface area contributed by atoms with E-state index >= 15 is 0 Å². The quantitative estimate of drug-likeness (QED) is 0.0647. The number of benzene rings is 2. The molecule has 0 N–H and O–H groups in total. The van der Waals surface area contributed by atoms with Crippen LogP contribution < -0.4 is 4.90 Å². The highest BCUT2D eigenvalue weighted by atomic mass is 32.2. The average Bonchev–Trinajstić information content (AvgIpc) is 3.67. The minimum absolute atomic E-state index is 0.0168. The first-order valence-electron chi connectivity index (χ1n) is 18.8. The predicted octanol–water partition coefficient (Wildman–Crippen LogP) is 5.43. The maximum absolute atomic E-state index is 12.3. The van der Waals surface area contributed by atoms with Crippen LogP contribution in [0.4, 0.5) is 11.4 Å². The zero-order valence-electron chi connectivity index (χ0n) is 32.7. The van der Waals surface area contributed by atoms with E-state index in [2.05, 4.69) is 9.48 Å². The molecule has 0 spiro atoms. The number of allylic oxidation sites excluding steroid dienone is 8. The van der Waals surface area contributed by atoms with Crippen LogP contribution in [0.1, 0.15) is 83.8 Å². The van der Waals surface area contributed by atoms with Crippen molar-refractivity contribution in [2.45, 2.75) is 93.3 Å². The van der Waals surface area contributed by atoms with Crippen molar-refractivity contribution in [3.8, 4) is 0 Å². The smallest absolute Gasteiger partial charge is 0.333 e. The number of unbranched alkanes of at least 4 members (excludes halogenated alkanes) is 2. The molecule has 2 amide bonds.